The standard InChI is InChI=1S/C28H37ClN2O3/c1-5-13-30(14-6-2)19-9-11-21(23(32)17-19)25-27(29)26(28(25)34)22-12-10-20(18-24(22)33)31(15-7-3)16-8-4/h9-12,17-18,25,32-33H,5-8,13-16H2,1-4H3. The van der Waals surface area contributed by atoms with Gasteiger partial charge in [-0.25, -0.2) is 0 Å². The van der Waals surface area contributed by atoms with Gasteiger partial charge in [-0.2, -0.15) is 0 Å². The highest BCUT2D eigenvalue weighted by Crippen LogP contribution is 2.51. The zero-order chi connectivity index (χ0) is 24.8. The number of Topliss-reactive ketones (excluding diaryl/α,β-unsaturated/α-hetero) is 1. The van der Waals surface area contributed by atoms with Gasteiger partial charge in [-0.3, -0.25) is 4.79 Å². The van der Waals surface area contributed by atoms with Crippen LogP contribution in [0.25, 0.3) is 5.57 Å². The molecule has 0 heterocycles. The number of ketones is 1. The summed E-state index contributed by atoms with van der Waals surface area (Å²) in [5, 5.41) is 21.8. The quantitative estimate of drug-likeness (QED) is 0.352. The zero-order valence-corrected chi connectivity index (χ0v) is 21.5. The van der Waals surface area contributed by atoms with E-state index in [1.165, 1.54) is 0 Å². The summed E-state index contributed by atoms with van der Waals surface area (Å²) < 4.78 is 0. The first-order chi connectivity index (χ1) is 16.4. The summed E-state index contributed by atoms with van der Waals surface area (Å²) in [6, 6.07) is 10.9. The molecule has 0 bridgehead atoms. The Morgan fingerprint density at radius 2 is 1.24 bits per heavy atom. The molecule has 0 spiro atoms. The molecule has 0 saturated carbocycles. The number of rotatable bonds is 12. The summed E-state index contributed by atoms with van der Waals surface area (Å²) in [4.78, 5) is 17.6. The summed E-state index contributed by atoms with van der Waals surface area (Å²) in [5.74, 6) is -0.773. The molecule has 0 aliphatic heterocycles. The smallest absolute Gasteiger partial charge is 0.177 e. The highest BCUT2D eigenvalue weighted by molar-refractivity contribution is 6.49. The van der Waals surface area contributed by atoms with Crippen molar-refractivity contribution in [3.8, 4) is 11.5 Å². The Kier molecular flexibility index (Phi) is 8.90. The molecule has 5 nitrogen and oxygen atoms in total. The van der Waals surface area contributed by atoms with Crippen molar-refractivity contribution in [2.24, 2.45) is 0 Å². The predicted molar refractivity (Wildman–Crippen MR) is 142 cm³/mol. The van der Waals surface area contributed by atoms with Gasteiger partial charge in [0, 0.05) is 71.4 Å². The van der Waals surface area contributed by atoms with Gasteiger partial charge >= 0.3 is 0 Å². The molecule has 0 saturated heterocycles. The van der Waals surface area contributed by atoms with Gasteiger partial charge in [0.1, 0.15) is 11.5 Å². The molecular formula is C28H37ClN2O3. The van der Waals surface area contributed by atoms with Crippen LogP contribution in [0.1, 0.15) is 70.4 Å². The molecule has 0 amide bonds. The van der Waals surface area contributed by atoms with Crippen LogP contribution in [0.3, 0.4) is 0 Å². The molecule has 0 fully saturated rings. The molecule has 0 aromatic heterocycles. The summed E-state index contributed by atoms with van der Waals surface area (Å²) >= 11 is 6.61. The Bertz CT molecular complexity index is 1040. The fraction of sp³-hybridized carbons (Fsp3) is 0.464. The summed E-state index contributed by atoms with van der Waals surface area (Å²) in [7, 11) is 0. The van der Waals surface area contributed by atoms with Gasteiger partial charge in [0.05, 0.1) is 5.92 Å². The maximum atomic E-state index is 13.1. The van der Waals surface area contributed by atoms with Crippen molar-refractivity contribution in [2.45, 2.75) is 59.3 Å². The zero-order valence-electron chi connectivity index (χ0n) is 20.8. The third-order valence-electron chi connectivity index (χ3n) is 6.28. The molecule has 2 N–H and O–H groups in total. The van der Waals surface area contributed by atoms with E-state index < -0.39 is 5.92 Å². The van der Waals surface area contributed by atoms with Crippen LogP contribution in [0.4, 0.5) is 11.4 Å². The molecule has 1 aliphatic rings. The van der Waals surface area contributed by atoms with Gasteiger partial charge in [-0.15, -0.1) is 0 Å². The molecule has 1 aliphatic carbocycles. The van der Waals surface area contributed by atoms with Crippen LogP contribution in [0.15, 0.2) is 41.4 Å². The number of carbonyl (C=O) groups excluding carboxylic acids is 1. The molecular weight excluding hydrogens is 448 g/mol. The first-order valence-corrected chi connectivity index (χ1v) is 12.9. The van der Waals surface area contributed by atoms with Crippen molar-refractivity contribution >= 4 is 34.3 Å². The Morgan fingerprint density at radius 3 is 1.65 bits per heavy atom. The van der Waals surface area contributed by atoms with Crippen LogP contribution in [-0.2, 0) is 4.79 Å². The lowest BCUT2D eigenvalue weighted by atomic mass is 9.76. The lowest BCUT2D eigenvalue weighted by Gasteiger charge is -2.31. The molecule has 1 unspecified atom stereocenters. The number of carbonyl (C=O) groups is 1. The van der Waals surface area contributed by atoms with E-state index in [9.17, 15) is 15.0 Å². The van der Waals surface area contributed by atoms with Gasteiger partial charge in [-0.05, 0) is 43.9 Å². The number of halogens is 1. The number of hydrogen-bond donors (Lipinski definition) is 2. The van der Waals surface area contributed by atoms with E-state index in [1.54, 1.807) is 24.3 Å². The van der Waals surface area contributed by atoms with Crippen LogP contribution in [0.2, 0.25) is 0 Å². The van der Waals surface area contributed by atoms with Gasteiger partial charge < -0.3 is 20.0 Å². The van der Waals surface area contributed by atoms with Gasteiger partial charge in [0.2, 0.25) is 0 Å². The summed E-state index contributed by atoms with van der Waals surface area (Å²) in [5.41, 5.74) is 3.14. The second-order valence-electron chi connectivity index (χ2n) is 8.94. The molecule has 34 heavy (non-hydrogen) atoms. The number of phenols is 2. The second-order valence-corrected chi connectivity index (χ2v) is 9.35. The fourth-order valence-corrected chi connectivity index (χ4v) is 5.12. The number of phenolic OH excluding ortho intramolecular Hbond substituents is 2. The van der Waals surface area contributed by atoms with Gasteiger partial charge in [0.25, 0.3) is 0 Å². The first kappa shape index (κ1) is 26.0. The third-order valence-corrected chi connectivity index (χ3v) is 6.69. The van der Waals surface area contributed by atoms with Crippen molar-refractivity contribution in [1.29, 1.82) is 0 Å². The molecule has 2 aromatic carbocycles. The largest absolute Gasteiger partial charge is 0.508 e. The lowest BCUT2D eigenvalue weighted by Crippen LogP contribution is -2.27. The van der Waals surface area contributed by atoms with Gasteiger partial charge in [0.15, 0.2) is 5.78 Å². The minimum atomic E-state index is -0.702. The second kappa shape index (κ2) is 11.7. The Labute approximate surface area is 208 Å². The van der Waals surface area contributed by atoms with Crippen molar-refractivity contribution in [2.75, 3.05) is 36.0 Å². The van der Waals surface area contributed by atoms with E-state index in [2.05, 4.69) is 37.5 Å². The highest BCUT2D eigenvalue weighted by Gasteiger charge is 2.42. The molecule has 0 radical (unpaired) electrons. The topological polar surface area (TPSA) is 64.0 Å². The lowest BCUT2D eigenvalue weighted by molar-refractivity contribution is -0.115. The van der Waals surface area contributed by atoms with Crippen LogP contribution < -0.4 is 9.80 Å². The molecule has 3 rings (SSSR count). The maximum absolute atomic E-state index is 13.1. The minimum absolute atomic E-state index is 0.0454. The SMILES string of the molecule is CCCN(CCC)c1ccc(C2=C(Cl)C(c3ccc(N(CCC)CCC)cc3O)C2=O)c(O)c1. The maximum Gasteiger partial charge on any atom is 0.177 e. The van der Waals surface area contributed by atoms with Crippen LogP contribution in [0, 0.1) is 0 Å². The Balaban J connectivity index is 1.88. The normalized spacial score (nSPS) is 15.4. The van der Waals surface area contributed by atoms with Crippen molar-refractivity contribution in [3.05, 3.63) is 52.6 Å². The average Bonchev–Trinajstić information content (AvgIpc) is 2.81. The van der Waals surface area contributed by atoms with E-state index in [0.717, 1.165) is 63.2 Å². The predicted octanol–water partition coefficient (Wildman–Crippen LogP) is 6.67. The molecule has 6 heteroatoms. The molecule has 1 atom stereocenters. The molecule has 184 valence electrons. The number of nitrogens with zero attached hydrogens (tertiary/aromatic N) is 2. The van der Waals surface area contributed by atoms with Crippen LogP contribution in [-0.4, -0.2) is 42.2 Å². The van der Waals surface area contributed by atoms with Gasteiger partial charge in [-0.1, -0.05) is 45.4 Å². The number of hydrogen-bond acceptors (Lipinski definition) is 5. The third kappa shape index (κ3) is 5.20. The van der Waals surface area contributed by atoms with Crippen molar-refractivity contribution in [3.63, 3.8) is 0 Å². The monoisotopic (exact) mass is 484 g/mol. The number of allylic oxidation sites excluding steroid dienone is 2. The minimum Gasteiger partial charge on any atom is -0.508 e. The van der Waals surface area contributed by atoms with E-state index in [1.807, 2.05) is 12.1 Å². The number of anilines is 2. The highest BCUT2D eigenvalue weighted by atomic mass is 35.5. The Morgan fingerprint density at radius 1 is 0.765 bits per heavy atom. The van der Waals surface area contributed by atoms with E-state index in [-0.39, 0.29) is 17.3 Å². The Hall–Kier alpha value is -2.66. The number of aromatic hydroxyl groups is 2. The van der Waals surface area contributed by atoms with Crippen LogP contribution in [0.5, 0.6) is 11.5 Å². The summed E-state index contributed by atoms with van der Waals surface area (Å²) in [6.07, 6.45) is 4.05. The average molecular weight is 485 g/mol. The van der Waals surface area contributed by atoms with Crippen molar-refractivity contribution in [1.82, 2.24) is 0 Å². The number of benzene rings is 2. The van der Waals surface area contributed by atoms with Crippen LogP contribution >= 0.6 is 11.6 Å². The fourth-order valence-electron chi connectivity index (χ4n) is 4.70. The van der Waals surface area contributed by atoms with E-state index in [4.69, 9.17) is 11.6 Å². The van der Waals surface area contributed by atoms with E-state index in [0.29, 0.717) is 21.7 Å². The summed E-state index contributed by atoms with van der Waals surface area (Å²) in [6.45, 7) is 12.1. The van der Waals surface area contributed by atoms with Crippen molar-refractivity contribution < 1.29 is 15.0 Å². The molecule has 2 aromatic rings. The first-order valence-electron chi connectivity index (χ1n) is 12.5. The van der Waals surface area contributed by atoms with E-state index >= 15 is 0 Å².